The van der Waals surface area contributed by atoms with E-state index in [4.69, 9.17) is 0 Å². The van der Waals surface area contributed by atoms with Crippen molar-refractivity contribution in [3.63, 3.8) is 0 Å². The highest BCUT2D eigenvalue weighted by Crippen LogP contribution is 1.86. The van der Waals surface area contributed by atoms with Gasteiger partial charge in [0.1, 0.15) is 0 Å². The van der Waals surface area contributed by atoms with E-state index in [-0.39, 0.29) is 0 Å². The van der Waals surface area contributed by atoms with E-state index in [2.05, 4.69) is 18.3 Å². The zero-order chi connectivity index (χ0) is 6.95. The van der Waals surface area contributed by atoms with Gasteiger partial charge in [-0.05, 0) is 6.42 Å². The number of rotatable bonds is 5. The smallest absolute Gasteiger partial charge is 0.207 e. The first-order valence-electron chi connectivity index (χ1n) is 3.23. The van der Waals surface area contributed by atoms with Gasteiger partial charge in [-0.2, -0.15) is 0 Å². The molecule has 0 saturated carbocycles. The maximum absolute atomic E-state index is 9.69. The Labute approximate surface area is 56.0 Å². The Morgan fingerprint density at radius 1 is 1.44 bits per heavy atom. The summed E-state index contributed by atoms with van der Waals surface area (Å²) < 4.78 is 0. The molecule has 0 fully saturated rings. The molecule has 1 amide bonds. The van der Waals surface area contributed by atoms with Crippen LogP contribution in [0.2, 0.25) is 0 Å². The zero-order valence-electron chi connectivity index (χ0n) is 5.76. The van der Waals surface area contributed by atoms with Crippen molar-refractivity contribution in [2.75, 3.05) is 6.54 Å². The fraction of sp³-hybridized carbons (Fsp3) is 0.571. The average molecular weight is 127 g/mol. The lowest BCUT2D eigenvalue weighted by Gasteiger charge is -1.87. The van der Waals surface area contributed by atoms with Crippen molar-refractivity contribution < 1.29 is 4.79 Å². The number of hydrogen-bond acceptors (Lipinski definition) is 1. The van der Waals surface area contributed by atoms with Crippen LogP contribution in [-0.2, 0) is 4.79 Å². The summed E-state index contributed by atoms with van der Waals surface area (Å²) in [4.78, 5) is 9.69. The van der Waals surface area contributed by atoms with Gasteiger partial charge in [0.25, 0.3) is 0 Å². The molecule has 0 rings (SSSR count). The molecule has 0 bridgehead atoms. The molecule has 2 heteroatoms. The Kier molecular flexibility index (Phi) is 6.58. The van der Waals surface area contributed by atoms with Crippen LogP contribution in [0.5, 0.6) is 0 Å². The van der Waals surface area contributed by atoms with Crippen molar-refractivity contribution in [2.45, 2.75) is 19.8 Å². The molecule has 0 aliphatic carbocycles. The largest absolute Gasteiger partial charge is 0.355 e. The molecular formula is C7H13NO. The van der Waals surface area contributed by atoms with E-state index in [1.165, 1.54) is 0 Å². The lowest BCUT2D eigenvalue weighted by Crippen LogP contribution is -2.09. The second-order valence-electron chi connectivity index (χ2n) is 1.79. The first-order valence-corrected chi connectivity index (χ1v) is 3.23. The number of amides is 1. The highest BCUT2D eigenvalue weighted by Gasteiger charge is 1.72. The molecule has 0 aliphatic heterocycles. The number of allylic oxidation sites excluding steroid dienone is 1. The summed E-state index contributed by atoms with van der Waals surface area (Å²) in [5.74, 6) is 0. The summed E-state index contributed by atoms with van der Waals surface area (Å²) in [6, 6.07) is 0. The number of carbonyl (C=O) groups is 1. The molecule has 0 spiro atoms. The van der Waals surface area contributed by atoms with Crippen LogP contribution in [0.25, 0.3) is 0 Å². The van der Waals surface area contributed by atoms with Crippen molar-refractivity contribution in [3.05, 3.63) is 12.2 Å². The molecule has 2 nitrogen and oxygen atoms in total. The van der Waals surface area contributed by atoms with E-state index >= 15 is 0 Å². The van der Waals surface area contributed by atoms with Crippen LogP contribution in [0.15, 0.2) is 12.2 Å². The van der Waals surface area contributed by atoms with Gasteiger partial charge in [-0.15, -0.1) is 0 Å². The molecule has 0 aromatic carbocycles. The normalized spacial score (nSPS) is 9.89. The van der Waals surface area contributed by atoms with E-state index in [1.54, 1.807) is 0 Å². The third-order valence-electron chi connectivity index (χ3n) is 0.941. The van der Waals surface area contributed by atoms with Gasteiger partial charge >= 0.3 is 0 Å². The second kappa shape index (κ2) is 7.21. The number of carbonyl (C=O) groups excluding carboxylic acids is 1. The van der Waals surface area contributed by atoms with Gasteiger partial charge in [0.15, 0.2) is 0 Å². The third-order valence-corrected chi connectivity index (χ3v) is 0.941. The van der Waals surface area contributed by atoms with Gasteiger partial charge in [0.05, 0.1) is 0 Å². The Balaban J connectivity index is 2.94. The molecule has 0 radical (unpaired) electrons. The summed E-state index contributed by atoms with van der Waals surface area (Å²) in [5.41, 5.74) is 0. The number of unbranched alkanes of at least 4 members (excludes halogenated alkanes) is 1. The highest BCUT2D eigenvalue weighted by atomic mass is 16.1. The molecule has 0 saturated heterocycles. The number of hydrogen-bond donors (Lipinski definition) is 1. The van der Waals surface area contributed by atoms with Crippen LogP contribution in [0.1, 0.15) is 19.8 Å². The van der Waals surface area contributed by atoms with Crippen molar-refractivity contribution in [2.24, 2.45) is 0 Å². The summed E-state index contributed by atoms with van der Waals surface area (Å²) in [6.07, 6.45) is 6.99. The van der Waals surface area contributed by atoms with Crippen molar-refractivity contribution in [1.29, 1.82) is 0 Å². The molecule has 0 atom stereocenters. The minimum Gasteiger partial charge on any atom is -0.355 e. The molecule has 9 heavy (non-hydrogen) atoms. The van der Waals surface area contributed by atoms with E-state index < -0.39 is 0 Å². The zero-order valence-corrected chi connectivity index (χ0v) is 5.76. The first kappa shape index (κ1) is 8.21. The Hall–Kier alpha value is -0.790. The fourth-order valence-electron chi connectivity index (χ4n) is 0.484. The molecular weight excluding hydrogens is 114 g/mol. The maximum atomic E-state index is 9.69. The van der Waals surface area contributed by atoms with Crippen LogP contribution in [0, 0.1) is 0 Å². The Morgan fingerprint density at radius 3 is 2.78 bits per heavy atom. The second-order valence-corrected chi connectivity index (χ2v) is 1.79. The predicted octanol–water partition coefficient (Wildman–Crippen LogP) is 1.09. The van der Waals surface area contributed by atoms with Gasteiger partial charge in [0, 0.05) is 6.54 Å². The van der Waals surface area contributed by atoms with Crippen molar-refractivity contribution in [3.8, 4) is 0 Å². The topological polar surface area (TPSA) is 29.1 Å². The van der Waals surface area contributed by atoms with Gasteiger partial charge in [-0.1, -0.05) is 25.5 Å². The van der Waals surface area contributed by atoms with Gasteiger partial charge in [0.2, 0.25) is 6.41 Å². The Morgan fingerprint density at radius 2 is 2.22 bits per heavy atom. The minimum atomic E-state index is 0.656. The van der Waals surface area contributed by atoms with Crippen LogP contribution in [-0.4, -0.2) is 13.0 Å². The summed E-state index contributed by atoms with van der Waals surface area (Å²) >= 11 is 0. The lowest BCUT2D eigenvalue weighted by atomic mass is 10.3. The summed E-state index contributed by atoms with van der Waals surface area (Å²) in [7, 11) is 0. The van der Waals surface area contributed by atoms with Gasteiger partial charge < -0.3 is 5.32 Å². The first-order chi connectivity index (χ1) is 4.41. The van der Waals surface area contributed by atoms with Crippen molar-refractivity contribution >= 4 is 6.41 Å². The quantitative estimate of drug-likeness (QED) is 0.334. The van der Waals surface area contributed by atoms with Gasteiger partial charge in [-0.25, -0.2) is 0 Å². The van der Waals surface area contributed by atoms with Gasteiger partial charge in [-0.3, -0.25) is 4.79 Å². The van der Waals surface area contributed by atoms with Crippen LogP contribution < -0.4 is 5.32 Å². The lowest BCUT2D eigenvalue weighted by molar-refractivity contribution is -0.109. The number of nitrogens with one attached hydrogen (secondary N) is 1. The molecule has 0 unspecified atom stereocenters. The molecule has 0 aromatic heterocycles. The van der Waals surface area contributed by atoms with Crippen LogP contribution >= 0.6 is 0 Å². The molecule has 0 heterocycles. The Bertz CT molecular complexity index is 88.9. The van der Waals surface area contributed by atoms with E-state index in [9.17, 15) is 4.79 Å². The predicted molar refractivity (Wildman–Crippen MR) is 38.1 cm³/mol. The summed E-state index contributed by atoms with van der Waals surface area (Å²) in [6.45, 7) is 2.78. The maximum Gasteiger partial charge on any atom is 0.207 e. The summed E-state index contributed by atoms with van der Waals surface area (Å²) in [5, 5.41) is 2.54. The molecule has 52 valence electrons. The average Bonchev–Trinajstić information content (AvgIpc) is 1.89. The van der Waals surface area contributed by atoms with E-state index in [1.807, 2.05) is 6.08 Å². The van der Waals surface area contributed by atoms with E-state index in [0.29, 0.717) is 13.0 Å². The standard InChI is InChI=1S/C7H13NO/c1-2-3-4-5-6-8-7-9/h4-5,7H,2-3,6H2,1H3,(H,8,9). The SMILES string of the molecule is CCCC=CCNC=O. The monoisotopic (exact) mass is 127 g/mol. The molecule has 0 aromatic rings. The van der Waals surface area contributed by atoms with Crippen LogP contribution in [0.3, 0.4) is 0 Å². The molecule has 1 N–H and O–H groups in total. The van der Waals surface area contributed by atoms with E-state index in [0.717, 1.165) is 12.8 Å². The highest BCUT2D eigenvalue weighted by molar-refractivity contribution is 5.46. The third kappa shape index (κ3) is 7.21. The fourth-order valence-corrected chi connectivity index (χ4v) is 0.484. The van der Waals surface area contributed by atoms with Crippen molar-refractivity contribution in [1.82, 2.24) is 5.32 Å². The molecule has 0 aliphatic rings. The van der Waals surface area contributed by atoms with Crippen LogP contribution in [0.4, 0.5) is 0 Å². The minimum absolute atomic E-state index is 0.656.